The summed E-state index contributed by atoms with van der Waals surface area (Å²) >= 11 is 0. The van der Waals surface area contributed by atoms with Gasteiger partial charge in [-0.05, 0) is 38.5 Å². The van der Waals surface area contributed by atoms with Gasteiger partial charge in [0.1, 0.15) is 0 Å². The normalized spacial score (nSPS) is 13.6. The van der Waals surface area contributed by atoms with Gasteiger partial charge >= 0.3 is 0 Å². The van der Waals surface area contributed by atoms with Crippen LogP contribution >= 0.6 is 0 Å². The van der Waals surface area contributed by atoms with Crippen LogP contribution in [0.4, 0.5) is 0 Å². The van der Waals surface area contributed by atoms with Gasteiger partial charge in [-0.2, -0.15) is 0 Å². The first kappa shape index (κ1) is 47.1. The molecule has 0 aliphatic heterocycles. The van der Waals surface area contributed by atoms with E-state index >= 15 is 0 Å². The fraction of sp³-hybridized carbons (Fsp3) is 0.756. The second-order valence-electron chi connectivity index (χ2n) is 14.0. The van der Waals surface area contributed by atoms with E-state index in [-0.39, 0.29) is 18.9 Å². The van der Waals surface area contributed by atoms with E-state index in [2.05, 4.69) is 67.8 Å². The molecular formula is C45H81NO3. The van der Waals surface area contributed by atoms with Crippen molar-refractivity contribution in [3.63, 3.8) is 0 Å². The lowest BCUT2D eigenvalue weighted by molar-refractivity contribution is -0.122. The third-order valence-corrected chi connectivity index (χ3v) is 9.32. The van der Waals surface area contributed by atoms with Gasteiger partial charge < -0.3 is 15.5 Å². The van der Waals surface area contributed by atoms with Gasteiger partial charge in [-0.3, -0.25) is 4.79 Å². The van der Waals surface area contributed by atoms with Crippen LogP contribution in [0.15, 0.2) is 60.8 Å². The molecule has 0 spiro atoms. The number of hydrogen-bond donors (Lipinski definition) is 3. The zero-order chi connectivity index (χ0) is 35.7. The average Bonchev–Trinajstić information content (AvgIpc) is 3.10. The summed E-state index contributed by atoms with van der Waals surface area (Å²) in [6.45, 7) is 4.20. The maximum absolute atomic E-state index is 12.3. The third kappa shape index (κ3) is 37.2. The van der Waals surface area contributed by atoms with Crippen LogP contribution in [0, 0.1) is 0 Å². The van der Waals surface area contributed by atoms with Crippen LogP contribution in [-0.4, -0.2) is 34.9 Å². The highest BCUT2D eigenvalue weighted by Gasteiger charge is 2.19. The molecule has 0 radical (unpaired) electrons. The van der Waals surface area contributed by atoms with Crippen LogP contribution in [0.2, 0.25) is 0 Å². The summed E-state index contributed by atoms with van der Waals surface area (Å²) < 4.78 is 0. The molecule has 2 unspecified atom stereocenters. The van der Waals surface area contributed by atoms with Gasteiger partial charge in [0.15, 0.2) is 0 Å². The Kier molecular flexibility index (Phi) is 38.9. The molecule has 4 heteroatoms. The summed E-state index contributed by atoms with van der Waals surface area (Å²) in [5, 5.41) is 23.0. The molecule has 0 aromatic rings. The minimum Gasteiger partial charge on any atom is -0.394 e. The second-order valence-corrected chi connectivity index (χ2v) is 14.0. The lowest BCUT2D eigenvalue weighted by Gasteiger charge is -2.22. The maximum atomic E-state index is 12.3. The van der Waals surface area contributed by atoms with E-state index in [0.717, 1.165) is 44.9 Å². The molecule has 1 amide bonds. The predicted octanol–water partition coefficient (Wildman–Crippen LogP) is 13.0. The van der Waals surface area contributed by atoms with Gasteiger partial charge in [0, 0.05) is 6.42 Å². The lowest BCUT2D eigenvalue weighted by Crippen LogP contribution is -2.45. The Morgan fingerprint density at radius 3 is 1.16 bits per heavy atom. The predicted molar refractivity (Wildman–Crippen MR) is 216 cm³/mol. The van der Waals surface area contributed by atoms with Crippen molar-refractivity contribution in [2.75, 3.05) is 6.61 Å². The van der Waals surface area contributed by atoms with Crippen molar-refractivity contribution in [1.82, 2.24) is 5.32 Å². The van der Waals surface area contributed by atoms with Crippen LogP contribution < -0.4 is 5.32 Å². The Balaban J connectivity index is 3.61. The monoisotopic (exact) mass is 684 g/mol. The molecule has 49 heavy (non-hydrogen) atoms. The summed E-state index contributed by atoms with van der Waals surface area (Å²) in [5.41, 5.74) is 0. The standard InChI is InChI=1S/C45H81NO3/c1-3-5-7-9-11-13-15-17-19-20-21-22-23-24-25-27-28-30-32-34-36-38-40-44(48)43(42-47)46-45(49)41-39-37-35-33-31-29-26-18-16-14-12-10-8-6-4-2/h6,8,12,14,18,26,31,33,37,39,43-44,47-48H,3-5,7,9-11,13,15-17,19-25,27-30,32,34-36,38,40-42H2,1-2H3,(H,46,49)/b8-6-,14-12-,26-18-,33-31-,39-37-. The van der Waals surface area contributed by atoms with Crippen LogP contribution in [0.25, 0.3) is 0 Å². The molecule has 0 saturated heterocycles. The molecule has 0 saturated carbocycles. The van der Waals surface area contributed by atoms with Crippen LogP contribution in [-0.2, 0) is 4.79 Å². The SMILES string of the molecule is CC/C=C\C/C=C\C/C=C\C/C=C\C/C=C\CC(=O)NC(CO)C(O)CCCCCCCCCCCCCCCCCCCCCCCC. The third-order valence-electron chi connectivity index (χ3n) is 9.32. The number of unbranched alkanes of at least 4 members (excludes halogenated alkanes) is 21. The highest BCUT2D eigenvalue weighted by atomic mass is 16.3. The largest absolute Gasteiger partial charge is 0.394 e. The fourth-order valence-electron chi connectivity index (χ4n) is 6.13. The van der Waals surface area contributed by atoms with Crippen LogP contribution in [0.1, 0.15) is 200 Å². The average molecular weight is 684 g/mol. The minimum absolute atomic E-state index is 0.159. The van der Waals surface area contributed by atoms with Crippen molar-refractivity contribution < 1.29 is 15.0 Å². The van der Waals surface area contributed by atoms with Crippen LogP contribution in [0.3, 0.4) is 0 Å². The van der Waals surface area contributed by atoms with E-state index in [1.54, 1.807) is 0 Å². The zero-order valence-electron chi connectivity index (χ0n) is 32.4. The molecule has 0 aliphatic rings. The number of amides is 1. The van der Waals surface area contributed by atoms with Gasteiger partial charge in [0.05, 0.1) is 18.8 Å². The first-order valence-corrected chi connectivity index (χ1v) is 21.0. The Morgan fingerprint density at radius 1 is 0.490 bits per heavy atom. The van der Waals surface area contributed by atoms with E-state index < -0.39 is 12.1 Å². The number of rotatable bonds is 37. The first-order chi connectivity index (χ1) is 24.2. The number of aliphatic hydroxyl groups is 2. The molecule has 3 N–H and O–H groups in total. The summed E-state index contributed by atoms with van der Waals surface area (Å²) in [5.74, 6) is -0.159. The molecule has 0 bridgehead atoms. The van der Waals surface area contributed by atoms with E-state index in [1.807, 2.05) is 12.2 Å². The maximum Gasteiger partial charge on any atom is 0.224 e. The number of carbonyl (C=O) groups excluding carboxylic acids is 1. The Bertz CT molecular complexity index is 827. The quantitative estimate of drug-likeness (QED) is 0.0451. The topological polar surface area (TPSA) is 69.6 Å². The summed E-state index contributed by atoms with van der Waals surface area (Å²) in [6, 6.07) is -0.592. The molecule has 2 atom stereocenters. The van der Waals surface area contributed by atoms with Crippen LogP contribution in [0.5, 0.6) is 0 Å². The summed E-state index contributed by atoms with van der Waals surface area (Å²) in [6.07, 6.45) is 56.1. The Hall–Kier alpha value is -1.91. The summed E-state index contributed by atoms with van der Waals surface area (Å²) in [4.78, 5) is 12.3. The molecule has 0 fully saturated rings. The van der Waals surface area contributed by atoms with E-state index in [1.165, 1.54) is 128 Å². The molecule has 0 aliphatic carbocycles. The van der Waals surface area contributed by atoms with Crippen molar-refractivity contribution in [1.29, 1.82) is 0 Å². The molecule has 4 nitrogen and oxygen atoms in total. The number of allylic oxidation sites excluding steroid dienone is 9. The van der Waals surface area contributed by atoms with Gasteiger partial charge in [0.2, 0.25) is 5.91 Å². The van der Waals surface area contributed by atoms with Gasteiger partial charge in [-0.25, -0.2) is 0 Å². The van der Waals surface area contributed by atoms with Crippen molar-refractivity contribution in [2.45, 2.75) is 212 Å². The van der Waals surface area contributed by atoms with Gasteiger partial charge in [-0.1, -0.05) is 216 Å². The number of nitrogens with one attached hydrogen (secondary N) is 1. The smallest absolute Gasteiger partial charge is 0.224 e. The first-order valence-electron chi connectivity index (χ1n) is 21.0. The van der Waals surface area contributed by atoms with Crippen molar-refractivity contribution in [3.05, 3.63) is 60.8 Å². The molecule has 0 aromatic heterocycles. The zero-order valence-corrected chi connectivity index (χ0v) is 32.4. The number of hydrogen-bond acceptors (Lipinski definition) is 3. The highest BCUT2D eigenvalue weighted by Crippen LogP contribution is 2.16. The molecule has 284 valence electrons. The van der Waals surface area contributed by atoms with Crippen molar-refractivity contribution in [2.24, 2.45) is 0 Å². The summed E-state index contributed by atoms with van der Waals surface area (Å²) in [7, 11) is 0. The number of carbonyl (C=O) groups is 1. The molecular weight excluding hydrogens is 602 g/mol. The fourth-order valence-corrected chi connectivity index (χ4v) is 6.13. The molecule has 0 rings (SSSR count). The molecule has 0 aromatic carbocycles. The number of aliphatic hydroxyl groups excluding tert-OH is 2. The van der Waals surface area contributed by atoms with E-state index in [0.29, 0.717) is 6.42 Å². The van der Waals surface area contributed by atoms with Gasteiger partial charge in [-0.15, -0.1) is 0 Å². The van der Waals surface area contributed by atoms with Crippen molar-refractivity contribution in [3.8, 4) is 0 Å². The molecule has 0 heterocycles. The highest BCUT2D eigenvalue weighted by molar-refractivity contribution is 5.77. The Morgan fingerprint density at radius 2 is 0.816 bits per heavy atom. The van der Waals surface area contributed by atoms with E-state index in [9.17, 15) is 15.0 Å². The van der Waals surface area contributed by atoms with Gasteiger partial charge in [0.25, 0.3) is 0 Å². The second kappa shape index (κ2) is 40.5. The van der Waals surface area contributed by atoms with E-state index in [4.69, 9.17) is 0 Å². The Labute approximate surface area is 305 Å². The minimum atomic E-state index is -0.701. The lowest BCUT2D eigenvalue weighted by atomic mass is 10.0. The van der Waals surface area contributed by atoms with Crippen molar-refractivity contribution >= 4 is 5.91 Å².